The molecule has 2 unspecified atom stereocenters. The molecule has 1 aliphatic heterocycles. The first-order chi connectivity index (χ1) is 16.9. The Hall–Kier alpha value is -3.16. The van der Waals surface area contributed by atoms with Crippen molar-refractivity contribution in [1.82, 2.24) is 20.4 Å². The summed E-state index contributed by atoms with van der Waals surface area (Å²) >= 11 is 0. The molecule has 1 saturated heterocycles. The Morgan fingerprint density at radius 2 is 1.91 bits per heavy atom. The second kappa shape index (κ2) is 11.5. The minimum absolute atomic E-state index is 0.0347. The summed E-state index contributed by atoms with van der Waals surface area (Å²) in [6, 6.07) is 7.86. The van der Waals surface area contributed by atoms with Gasteiger partial charge in [-0.25, -0.2) is 4.98 Å². The van der Waals surface area contributed by atoms with Gasteiger partial charge in [-0.3, -0.25) is 4.79 Å². The SMILES string of the molecule is CCCCOc1ccc(CNC(=O)CCc2nc(N3CC(C)CC(C)C3)c3c(C)noc3n2)cc1. The van der Waals surface area contributed by atoms with Gasteiger partial charge in [-0.1, -0.05) is 44.5 Å². The van der Waals surface area contributed by atoms with E-state index >= 15 is 0 Å². The van der Waals surface area contributed by atoms with Gasteiger partial charge in [-0.2, -0.15) is 4.98 Å². The second-order valence-electron chi connectivity index (χ2n) is 9.89. The summed E-state index contributed by atoms with van der Waals surface area (Å²) in [6.45, 7) is 11.7. The molecule has 3 aromatic rings. The number of rotatable bonds is 10. The van der Waals surface area contributed by atoms with Crippen molar-refractivity contribution in [2.45, 2.75) is 66.3 Å². The van der Waals surface area contributed by atoms with Crippen LogP contribution < -0.4 is 15.0 Å². The molecule has 0 aliphatic carbocycles. The number of fused-ring (bicyclic) bond motifs is 1. The third-order valence-electron chi connectivity index (χ3n) is 6.46. The van der Waals surface area contributed by atoms with E-state index in [0.717, 1.165) is 60.7 Å². The van der Waals surface area contributed by atoms with Crippen LogP contribution in [0.15, 0.2) is 28.8 Å². The highest BCUT2D eigenvalue weighted by molar-refractivity contribution is 5.88. The van der Waals surface area contributed by atoms with Crippen molar-refractivity contribution in [3.05, 3.63) is 41.3 Å². The molecular formula is C27H37N5O3. The van der Waals surface area contributed by atoms with E-state index < -0.39 is 0 Å². The predicted octanol–water partition coefficient (Wildman–Crippen LogP) is 4.84. The quantitative estimate of drug-likeness (QED) is 0.416. The third-order valence-corrected chi connectivity index (χ3v) is 6.46. The van der Waals surface area contributed by atoms with Crippen LogP contribution in [0.3, 0.4) is 0 Å². The summed E-state index contributed by atoms with van der Waals surface area (Å²) in [6.07, 6.45) is 4.12. The second-order valence-corrected chi connectivity index (χ2v) is 9.89. The van der Waals surface area contributed by atoms with Crippen LogP contribution in [-0.4, -0.2) is 40.7 Å². The van der Waals surface area contributed by atoms with Crippen LogP contribution in [0.25, 0.3) is 11.1 Å². The number of hydrogen-bond donors (Lipinski definition) is 1. The normalized spacial score (nSPS) is 18.1. The zero-order valence-electron chi connectivity index (χ0n) is 21.3. The smallest absolute Gasteiger partial charge is 0.263 e. The van der Waals surface area contributed by atoms with E-state index in [1.807, 2.05) is 31.2 Å². The molecule has 0 bridgehead atoms. The molecule has 2 atom stereocenters. The average molecular weight is 480 g/mol. The Labute approximate surface area is 207 Å². The van der Waals surface area contributed by atoms with Crippen molar-refractivity contribution in [3.8, 4) is 5.75 Å². The molecule has 2 aromatic heterocycles. The summed E-state index contributed by atoms with van der Waals surface area (Å²) < 4.78 is 11.2. The summed E-state index contributed by atoms with van der Waals surface area (Å²) in [5.41, 5.74) is 2.33. The van der Waals surface area contributed by atoms with Crippen molar-refractivity contribution < 1.29 is 14.1 Å². The molecule has 0 spiro atoms. The van der Waals surface area contributed by atoms with Gasteiger partial charge in [-0.15, -0.1) is 0 Å². The highest BCUT2D eigenvalue weighted by Crippen LogP contribution is 2.32. The lowest BCUT2D eigenvalue weighted by atomic mass is 9.92. The van der Waals surface area contributed by atoms with E-state index in [1.165, 1.54) is 6.42 Å². The number of anilines is 1. The van der Waals surface area contributed by atoms with E-state index in [0.29, 0.717) is 42.8 Å². The van der Waals surface area contributed by atoms with E-state index in [9.17, 15) is 4.79 Å². The van der Waals surface area contributed by atoms with Crippen LogP contribution in [0, 0.1) is 18.8 Å². The molecule has 1 amide bonds. The highest BCUT2D eigenvalue weighted by atomic mass is 16.5. The first kappa shape index (κ1) is 24.9. The first-order valence-corrected chi connectivity index (χ1v) is 12.8. The Bertz CT molecular complexity index is 1120. The van der Waals surface area contributed by atoms with Gasteiger partial charge in [0.15, 0.2) is 0 Å². The zero-order chi connectivity index (χ0) is 24.8. The fourth-order valence-electron chi connectivity index (χ4n) is 4.74. The molecule has 1 aromatic carbocycles. The third kappa shape index (κ3) is 6.50. The van der Waals surface area contributed by atoms with Crippen LogP contribution in [0.2, 0.25) is 0 Å². The van der Waals surface area contributed by atoms with Crippen LogP contribution in [-0.2, 0) is 17.8 Å². The maximum absolute atomic E-state index is 12.5. The van der Waals surface area contributed by atoms with Crippen LogP contribution in [0.1, 0.15) is 63.5 Å². The molecule has 8 nitrogen and oxygen atoms in total. The highest BCUT2D eigenvalue weighted by Gasteiger charge is 2.27. The van der Waals surface area contributed by atoms with Crippen molar-refractivity contribution in [1.29, 1.82) is 0 Å². The Morgan fingerprint density at radius 3 is 2.63 bits per heavy atom. The Balaban J connectivity index is 1.36. The lowest BCUT2D eigenvalue weighted by Crippen LogP contribution is -2.39. The molecule has 0 saturated carbocycles. The lowest BCUT2D eigenvalue weighted by molar-refractivity contribution is -0.121. The molecular weight excluding hydrogens is 442 g/mol. The van der Waals surface area contributed by atoms with E-state index in [1.54, 1.807) is 0 Å². The zero-order valence-corrected chi connectivity index (χ0v) is 21.3. The first-order valence-electron chi connectivity index (χ1n) is 12.8. The fraction of sp³-hybridized carbons (Fsp3) is 0.556. The van der Waals surface area contributed by atoms with Gasteiger partial charge in [0, 0.05) is 32.5 Å². The molecule has 35 heavy (non-hydrogen) atoms. The fourth-order valence-corrected chi connectivity index (χ4v) is 4.74. The predicted molar refractivity (Wildman–Crippen MR) is 137 cm³/mol. The van der Waals surface area contributed by atoms with Crippen molar-refractivity contribution in [2.24, 2.45) is 11.8 Å². The topological polar surface area (TPSA) is 93.4 Å². The molecule has 1 fully saturated rings. The molecule has 188 valence electrons. The number of hydrogen-bond acceptors (Lipinski definition) is 7. The maximum atomic E-state index is 12.5. The van der Waals surface area contributed by atoms with E-state index in [4.69, 9.17) is 14.2 Å². The minimum Gasteiger partial charge on any atom is -0.494 e. The minimum atomic E-state index is -0.0347. The van der Waals surface area contributed by atoms with Gasteiger partial charge < -0.3 is 19.5 Å². The van der Waals surface area contributed by atoms with Gasteiger partial charge in [0.25, 0.3) is 5.71 Å². The molecule has 4 rings (SSSR count). The van der Waals surface area contributed by atoms with E-state index in [-0.39, 0.29) is 5.91 Å². The standard InChI is InChI=1S/C27H37N5O3/c1-5-6-13-34-22-9-7-21(8-10-22)15-28-24(33)12-11-23-29-26(25-20(4)31-35-27(25)30-23)32-16-18(2)14-19(3)17-32/h7-10,18-19H,5-6,11-17H2,1-4H3,(H,28,33). The molecule has 1 N–H and O–H groups in total. The molecule has 1 aliphatic rings. The Kier molecular flexibility index (Phi) is 8.21. The van der Waals surface area contributed by atoms with Gasteiger partial charge in [0.1, 0.15) is 22.8 Å². The van der Waals surface area contributed by atoms with Crippen molar-refractivity contribution in [3.63, 3.8) is 0 Å². The van der Waals surface area contributed by atoms with E-state index in [2.05, 4.69) is 41.1 Å². The molecule has 8 heteroatoms. The number of carbonyl (C=O) groups is 1. The summed E-state index contributed by atoms with van der Waals surface area (Å²) in [4.78, 5) is 24.3. The number of nitrogens with zero attached hydrogens (tertiary/aromatic N) is 4. The summed E-state index contributed by atoms with van der Waals surface area (Å²) in [5.74, 6) is 3.50. The van der Waals surface area contributed by atoms with Crippen molar-refractivity contribution >= 4 is 22.8 Å². The van der Waals surface area contributed by atoms with Gasteiger partial charge in [0.05, 0.1) is 12.3 Å². The lowest BCUT2D eigenvalue weighted by Gasteiger charge is -2.36. The summed E-state index contributed by atoms with van der Waals surface area (Å²) in [7, 11) is 0. The van der Waals surface area contributed by atoms with Crippen LogP contribution in [0.4, 0.5) is 5.82 Å². The largest absolute Gasteiger partial charge is 0.494 e. The average Bonchev–Trinajstić information content (AvgIpc) is 3.22. The number of benzene rings is 1. The monoisotopic (exact) mass is 479 g/mol. The van der Waals surface area contributed by atoms with Crippen molar-refractivity contribution in [2.75, 3.05) is 24.6 Å². The number of unbranched alkanes of at least 4 members (excludes halogenated alkanes) is 1. The number of aryl methyl sites for hydroxylation is 2. The van der Waals surface area contributed by atoms with Gasteiger partial charge in [0.2, 0.25) is 5.91 Å². The Morgan fingerprint density at radius 1 is 1.17 bits per heavy atom. The molecule has 0 radical (unpaired) electrons. The number of aromatic nitrogens is 3. The maximum Gasteiger partial charge on any atom is 0.263 e. The molecule has 3 heterocycles. The number of carbonyl (C=O) groups excluding carboxylic acids is 1. The van der Waals surface area contributed by atoms with Crippen LogP contribution in [0.5, 0.6) is 5.75 Å². The number of nitrogens with one attached hydrogen (secondary N) is 1. The summed E-state index contributed by atoms with van der Waals surface area (Å²) in [5, 5.41) is 7.99. The number of piperidine rings is 1. The number of ether oxygens (including phenoxy) is 1. The van der Waals surface area contributed by atoms with Gasteiger partial charge in [-0.05, 0) is 49.3 Å². The van der Waals surface area contributed by atoms with Crippen LogP contribution >= 0.6 is 0 Å². The number of amides is 1. The van der Waals surface area contributed by atoms with Gasteiger partial charge >= 0.3 is 0 Å².